The maximum absolute atomic E-state index is 12.3. The zero-order valence-electron chi connectivity index (χ0n) is 14.4. The summed E-state index contributed by atoms with van der Waals surface area (Å²) in [6, 6.07) is 16.1. The van der Waals surface area contributed by atoms with Crippen molar-refractivity contribution < 1.29 is 9.72 Å². The van der Waals surface area contributed by atoms with Crippen molar-refractivity contribution in [1.82, 2.24) is 9.80 Å². The van der Waals surface area contributed by atoms with Crippen molar-refractivity contribution in [1.29, 1.82) is 0 Å². The van der Waals surface area contributed by atoms with E-state index in [-0.39, 0.29) is 28.8 Å². The molecule has 0 spiro atoms. The molecular weight excluding hydrogens is 354 g/mol. The predicted molar refractivity (Wildman–Crippen MR) is 103 cm³/mol. The number of Topliss-reactive ketones (excluding diaryl/α,β-unsaturated/α-hetero) is 1. The number of nitro groups is 1. The van der Waals surface area contributed by atoms with Gasteiger partial charge in [0.15, 0.2) is 5.78 Å². The summed E-state index contributed by atoms with van der Waals surface area (Å²) < 4.78 is 0. The molecule has 1 fully saturated rings. The van der Waals surface area contributed by atoms with Gasteiger partial charge in [-0.05, 0) is 5.56 Å². The molecule has 0 aliphatic carbocycles. The fourth-order valence-corrected chi connectivity index (χ4v) is 3.01. The molecule has 2 aromatic carbocycles. The van der Waals surface area contributed by atoms with E-state index in [1.807, 2.05) is 42.5 Å². The van der Waals surface area contributed by atoms with E-state index in [2.05, 4.69) is 9.80 Å². The van der Waals surface area contributed by atoms with Gasteiger partial charge in [-0.25, -0.2) is 0 Å². The monoisotopic (exact) mass is 375 g/mol. The van der Waals surface area contributed by atoms with Crippen LogP contribution in [0, 0.1) is 10.1 Å². The first-order valence-electron chi connectivity index (χ1n) is 8.38. The van der Waals surface area contributed by atoms with Gasteiger partial charge < -0.3 is 0 Å². The average Bonchev–Trinajstić information content (AvgIpc) is 2.64. The van der Waals surface area contributed by atoms with Gasteiger partial charge in [0.1, 0.15) is 0 Å². The predicted octanol–water partition coefficient (Wildman–Crippen LogP) is 3.02. The molecule has 0 atom stereocenters. The fourth-order valence-electron chi connectivity index (χ4n) is 3.01. The van der Waals surface area contributed by atoms with E-state index in [0.29, 0.717) is 6.54 Å². The van der Waals surface area contributed by atoms with Crippen LogP contribution in [0.5, 0.6) is 0 Å². The Balaban J connectivity index is 0.00000243. The first-order chi connectivity index (χ1) is 12.1. The number of nitro benzene ring substituents is 1. The van der Waals surface area contributed by atoms with Crippen molar-refractivity contribution >= 4 is 23.9 Å². The van der Waals surface area contributed by atoms with Crippen molar-refractivity contribution in [3.63, 3.8) is 0 Å². The highest BCUT2D eigenvalue weighted by Crippen LogP contribution is 2.14. The van der Waals surface area contributed by atoms with E-state index in [1.54, 1.807) is 12.1 Å². The van der Waals surface area contributed by atoms with E-state index in [4.69, 9.17) is 0 Å². The fraction of sp³-hybridized carbons (Fsp3) is 0.316. The van der Waals surface area contributed by atoms with E-state index < -0.39 is 0 Å². The first-order valence-corrected chi connectivity index (χ1v) is 8.38. The second kappa shape index (κ2) is 9.43. The summed E-state index contributed by atoms with van der Waals surface area (Å²) in [6.07, 6.45) is 0. The van der Waals surface area contributed by atoms with Crippen molar-refractivity contribution in [2.75, 3.05) is 32.7 Å². The van der Waals surface area contributed by atoms with Crippen LogP contribution >= 0.6 is 12.4 Å². The summed E-state index contributed by atoms with van der Waals surface area (Å²) >= 11 is 0. The lowest BCUT2D eigenvalue weighted by atomic mass is 10.1. The standard InChI is InChI=1S/C19H21N3O3.ClH/c23-19(17-4-2-1-3-5-17)15-21-12-10-20(11-13-21)14-16-6-8-18(9-7-16)22(24)25;/h1-9H,10-15H2;1H. The van der Waals surface area contributed by atoms with Crippen molar-refractivity contribution in [3.8, 4) is 0 Å². The first kappa shape index (κ1) is 20.0. The van der Waals surface area contributed by atoms with Crippen LogP contribution in [0.2, 0.25) is 0 Å². The minimum atomic E-state index is -0.383. The number of hydrogen-bond donors (Lipinski definition) is 0. The summed E-state index contributed by atoms with van der Waals surface area (Å²) in [4.78, 5) is 27.1. The van der Waals surface area contributed by atoms with Crippen LogP contribution < -0.4 is 0 Å². The summed E-state index contributed by atoms with van der Waals surface area (Å²) in [7, 11) is 0. The Labute approximate surface area is 159 Å². The van der Waals surface area contributed by atoms with Gasteiger partial charge in [0, 0.05) is 50.4 Å². The highest BCUT2D eigenvalue weighted by molar-refractivity contribution is 5.97. The third kappa shape index (κ3) is 5.36. The van der Waals surface area contributed by atoms with Gasteiger partial charge in [-0.3, -0.25) is 24.7 Å². The van der Waals surface area contributed by atoms with E-state index in [1.165, 1.54) is 0 Å². The van der Waals surface area contributed by atoms with Crippen molar-refractivity contribution in [2.45, 2.75) is 6.54 Å². The molecule has 6 nitrogen and oxygen atoms in total. The maximum Gasteiger partial charge on any atom is 0.269 e. The molecule has 0 bridgehead atoms. The Morgan fingerprint density at radius 2 is 1.50 bits per heavy atom. The molecule has 0 radical (unpaired) electrons. The number of halogens is 1. The molecule has 1 saturated heterocycles. The summed E-state index contributed by atoms with van der Waals surface area (Å²) in [5.74, 6) is 0.157. The number of rotatable bonds is 6. The number of carbonyl (C=O) groups excluding carboxylic acids is 1. The van der Waals surface area contributed by atoms with Crippen LogP contribution in [-0.2, 0) is 6.54 Å². The van der Waals surface area contributed by atoms with Crippen molar-refractivity contribution in [2.24, 2.45) is 0 Å². The zero-order chi connectivity index (χ0) is 17.6. The lowest BCUT2D eigenvalue weighted by Crippen LogP contribution is -2.47. The lowest BCUT2D eigenvalue weighted by Gasteiger charge is -2.34. The number of ketones is 1. The number of piperazine rings is 1. The molecule has 26 heavy (non-hydrogen) atoms. The Bertz CT molecular complexity index is 729. The number of non-ortho nitro benzene ring substituents is 1. The van der Waals surface area contributed by atoms with Gasteiger partial charge in [-0.15, -0.1) is 12.4 Å². The normalized spacial score (nSPS) is 15.2. The largest absolute Gasteiger partial charge is 0.297 e. The van der Waals surface area contributed by atoms with Gasteiger partial charge in [0.2, 0.25) is 0 Å². The number of benzene rings is 2. The molecule has 2 aromatic rings. The zero-order valence-corrected chi connectivity index (χ0v) is 15.2. The van der Waals surface area contributed by atoms with Crippen LogP contribution in [0.4, 0.5) is 5.69 Å². The molecular formula is C19H22ClN3O3. The SMILES string of the molecule is Cl.O=C(CN1CCN(Cc2ccc([N+](=O)[O-])cc2)CC1)c1ccccc1. The second-order valence-electron chi connectivity index (χ2n) is 6.27. The van der Waals surface area contributed by atoms with Crippen LogP contribution in [0.15, 0.2) is 54.6 Å². The molecule has 0 unspecified atom stereocenters. The van der Waals surface area contributed by atoms with Crippen LogP contribution in [0.3, 0.4) is 0 Å². The molecule has 1 heterocycles. The third-order valence-electron chi connectivity index (χ3n) is 4.48. The Morgan fingerprint density at radius 3 is 2.08 bits per heavy atom. The van der Waals surface area contributed by atoms with Crippen molar-refractivity contribution in [3.05, 3.63) is 75.8 Å². The summed E-state index contributed by atoms with van der Waals surface area (Å²) in [5.41, 5.74) is 1.95. The third-order valence-corrected chi connectivity index (χ3v) is 4.48. The molecule has 0 aromatic heterocycles. The molecule has 0 amide bonds. The van der Waals surface area contributed by atoms with E-state index >= 15 is 0 Å². The minimum absolute atomic E-state index is 0. The molecule has 0 N–H and O–H groups in total. The van der Waals surface area contributed by atoms with Crippen LogP contribution in [0.1, 0.15) is 15.9 Å². The maximum atomic E-state index is 12.3. The topological polar surface area (TPSA) is 66.7 Å². The number of carbonyl (C=O) groups is 1. The lowest BCUT2D eigenvalue weighted by molar-refractivity contribution is -0.384. The van der Waals surface area contributed by atoms with Gasteiger partial charge in [-0.1, -0.05) is 42.5 Å². The molecule has 0 saturated carbocycles. The minimum Gasteiger partial charge on any atom is -0.297 e. The Morgan fingerprint density at radius 1 is 0.923 bits per heavy atom. The highest BCUT2D eigenvalue weighted by atomic mass is 35.5. The Kier molecular flexibility index (Phi) is 7.26. The van der Waals surface area contributed by atoms with Gasteiger partial charge in [0.25, 0.3) is 5.69 Å². The number of nitrogens with zero attached hydrogens (tertiary/aromatic N) is 3. The average molecular weight is 376 g/mol. The quantitative estimate of drug-likeness (QED) is 0.441. The van der Waals surface area contributed by atoms with Crippen LogP contribution in [-0.4, -0.2) is 53.2 Å². The molecule has 3 rings (SSSR count). The highest BCUT2D eigenvalue weighted by Gasteiger charge is 2.19. The Hall–Kier alpha value is -2.28. The molecule has 1 aliphatic rings. The smallest absolute Gasteiger partial charge is 0.269 e. The summed E-state index contributed by atoms with van der Waals surface area (Å²) in [6.45, 7) is 4.71. The second-order valence-corrected chi connectivity index (χ2v) is 6.27. The van der Waals surface area contributed by atoms with Gasteiger partial charge >= 0.3 is 0 Å². The van der Waals surface area contributed by atoms with Crippen LogP contribution in [0.25, 0.3) is 0 Å². The molecule has 138 valence electrons. The number of hydrogen-bond acceptors (Lipinski definition) is 5. The van der Waals surface area contributed by atoms with E-state index in [9.17, 15) is 14.9 Å². The summed E-state index contributed by atoms with van der Waals surface area (Å²) in [5, 5.41) is 10.7. The molecule has 7 heteroatoms. The van der Waals surface area contributed by atoms with E-state index in [0.717, 1.165) is 43.9 Å². The van der Waals surface area contributed by atoms with Gasteiger partial charge in [-0.2, -0.15) is 0 Å². The van der Waals surface area contributed by atoms with Gasteiger partial charge in [0.05, 0.1) is 11.5 Å². The molecule has 1 aliphatic heterocycles.